The Bertz CT molecular complexity index is 270. The number of aromatic nitrogens is 3. The van der Waals surface area contributed by atoms with Crippen LogP contribution in [0.1, 0.15) is 18.5 Å². The van der Waals surface area contributed by atoms with Gasteiger partial charge in [-0.05, 0) is 12.8 Å². The molecule has 0 spiro atoms. The summed E-state index contributed by atoms with van der Waals surface area (Å²) in [5, 5.41) is 8.76. The second-order valence-corrected chi connectivity index (χ2v) is 3.76. The monoisotopic (exact) mass is 245 g/mol. The van der Waals surface area contributed by atoms with E-state index in [2.05, 4.69) is 26.2 Å². The van der Waals surface area contributed by atoms with Gasteiger partial charge in [0.1, 0.15) is 0 Å². The minimum atomic E-state index is 0.338. The smallest absolute Gasteiger partial charge is 0.0932 e. The number of hydrogen-bond donors (Lipinski definition) is 0. The molecule has 2 rings (SSSR count). The van der Waals surface area contributed by atoms with Crippen LogP contribution in [0, 0.1) is 0 Å². The van der Waals surface area contributed by atoms with E-state index in [1.165, 1.54) is 6.42 Å². The van der Waals surface area contributed by atoms with Crippen molar-refractivity contribution in [1.29, 1.82) is 0 Å². The molecule has 0 amide bonds. The zero-order chi connectivity index (χ0) is 9.10. The Hall–Kier alpha value is -0.420. The number of nitrogens with zero attached hydrogens (tertiary/aromatic N) is 3. The molecule has 0 N–H and O–H groups in total. The third kappa shape index (κ3) is 2.28. The molecule has 1 saturated heterocycles. The first-order valence-corrected chi connectivity index (χ1v) is 5.57. The molecule has 0 bridgehead atoms. The zero-order valence-electron chi connectivity index (χ0n) is 7.32. The molecule has 1 fully saturated rings. The van der Waals surface area contributed by atoms with Crippen LogP contribution in [0.15, 0.2) is 6.20 Å². The van der Waals surface area contributed by atoms with Gasteiger partial charge in [-0.1, -0.05) is 21.1 Å². The number of halogens is 1. The molecule has 1 aromatic heterocycles. The molecular weight excluding hydrogens is 234 g/mol. The van der Waals surface area contributed by atoms with Crippen LogP contribution in [-0.2, 0) is 16.6 Å². The molecule has 72 valence electrons. The number of rotatable bonds is 3. The van der Waals surface area contributed by atoms with Crippen molar-refractivity contribution in [2.75, 3.05) is 6.61 Å². The second-order valence-electron chi connectivity index (χ2n) is 3.20. The van der Waals surface area contributed by atoms with Gasteiger partial charge in [0.05, 0.1) is 18.3 Å². The fraction of sp³-hybridized carbons (Fsp3) is 0.750. The van der Waals surface area contributed by atoms with Gasteiger partial charge >= 0.3 is 0 Å². The third-order valence-corrected chi connectivity index (χ3v) is 2.71. The van der Waals surface area contributed by atoms with Crippen LogP contribution < -0.4 is 0 Å². The summed E-state index contributed by atoms with van der Waals surface area (Å²) in [5.41, 5.74) is 0.970. The molecule has 0 radical (unpaired) electrons. The molecule has 1 unspecified atom stereocenters. The lowest BCUT2D eigenvalue weighted by molar-refractivity contribution is 0.0935. The second kappa shape index (κ2) is 4.19. The predicted molar refractivity (Wildman–Crippen MR) is 51.6 cm³/mol. The van der Waals surface area contributed by atoms with Crippen LogP contribution in [0.5, 0.6) is 0 Å². The maximum atomic E-state index is 5.50. The highest BCUT2D eigenvalue weighted by Crippen LogP contribution is 2.13. The summed E-state index contributed by atoms with van der Waals surface area (Å²) < 4.78 is 7.35. The Kier molecular flexibility index (Phi) is 2.95. The Balaban J connectivity index is 1.92. The maximum Gasteiger partial charge on any atom is 0.0932 e. The minimum Gasteiger partial charge on any atom is -0.376 e. The Morgan fingerprint density at radius 3 is 3.23 bits per heavy atom. The van der Waals surface area contributed by atoms with E-state index >= 15 is 0 Å². The standard InChI is InChI=1S/C8H12BrN3O/c9-4-7-5-12(11-10-7)6-8-2-1-3-13-8/h5,8H,1-4,6H2. The normalized spacial score (nSPS) is 22.4. The van der Waals surface area contributed by atoms with Gasteiger partial charge in [-0.2, -0.15) is 0 Å². The van der Waals surface area contributed by atoms with Crippen molar-refractivity contribution in [1.82, 2.24) is 15.0 Å². The van der Waals surface area contributed by atoms with Gasteiger partial charge in [0.25, 0.3) is 0 Å². The lowest BCUT2D eigenvalue weighted by Crippen LogP contribution is -2.15. The minimum absolute atomic E-state index is 0.338. The molecule has 5 heteroatoms. The first kappa shape index (κ1) is 9.15. The highest BCUT2D eigenvalue weighted by molar-refractivity contribution is 9.08. The van der Waals surface area contributed by atoms with E-state index in [4.69, 9.17) is 4.74 Å². The summed E-state index contributed by atoms with van der Waals surface area (Å²) >= 11 is 3.34. The van der Waals surface area contributed by atoms with Gasteiger partial charge in [0.2, 0.25) is 0 Å². The molecule has 0 saturated carbocycles. The summed E-state index contributed by atoms with van der Waals surface area (Å²) in [6.45, 7) is 1.73. The average molecular weight is 246 g/mol. The van der Waals surface area contributed by atoms with E-state index in [1.54, 1.807) is 0 Å². The van der Waals surface area contributed by atoms with Crippen molar-refractivity contribution in [3.05, 3.63) is 11.9 Å². The van der Waals surface area contributed by atoms with E-state index in [0.717, 1.165) is 30.6 Å². The van der Waals surface area contributed by atoms with Gasteiger partial charge in [0, 0.05) is 18.1 Å². The van der Waals surface area contributed by atoms with E-state index in [-0.39, 0.29) is 0 Å². The quantitative estimate of drug-likeness (QED) is 0.756. The highest BCUT2D eigenvalue weighted by Gasteiger charge is 2.16. The highest BCUT2D eigenvalue weighted by atomic mass is 79.9. The van der Waals surface area contributed by atoms with E-state index in [9.17, 15) is 0 Å². The number of hydrogen-bond acceptors (Lipinski definition) is 3. The maximum absolute atomic E-state index is 5.50. The lowest BCUT2D eigenvalue weighted by atomic mass is 10.2. The van der Waals surface area contributed by atoms with Crippen LogP contribution in [0.3, 0.4) is 0 Å². The first-order valence-electron chi connectivity index (χ1n) is 4.45. The molecule has 1 aliphatic rings. The summed E-state index contributed by atoms with van der Waals surface area (Å²) in [6.07, 6.45) is 4.61. The van der Waals surface area contributed by atoms with Crippen molar-refractivity contribution in [2.24, 2.45) is 0 Å². The van der Waals surface area contributed by atoms with Crippen LogP contribution in [0.2, 0.25) is 0 Å². The summed E-state index contributed by atoms with van der Waals surface area (Å²) in [4.78, 5) is 0. The Morgan fingerprint density at radius 2 is 2.62 bits per heavy atom. The molecule has 1 aromatic rings. The summed E-state index contributed by atoms with van der Waals surface area (Å²) in [6, 6.07) is 0. The SMILES string of the molecule is BrCc1cn(CC2CCCO2)nn1. The van der Waals surface area contributed by atoms with E-state index < -0.39 is 0 Å². The van der Waals surface area contributed by atoms with E-state index in [1.807, 2.05) is 10.9 Å². The molecule has 1 aliphatic heterocycles. The van der Waals surface area contributed by atoms with Gasteiger partial charge in [-0.3, -0.25) is 0 Å². The largest absolute Gasteiger partial charge is 0.376 e. The third-order valence-electron chi connectivity index (χ3n) is 2.14. The summed E-state index contributed by atoms with van der Waals surface area (Å²) in [7, 11) is 0. The van der Waals surface area contributed by atoms with Crippen LogP contribution in [0.25, 0.3) is 0 Å². The van der Waals surface area contributed by atoms with Gasteiger partial charge < -0.3 is 4.74 Å². The summed E-state index contributed by atoms with van der Waals surface area (Å²) in [5.74, 6) is 0. The molecule has 0 aromatic carbocycles. The lowest BCUT2D eigenvalue weighted by Gasteiger charge is -2.07. The zero-order valence-corrected chi connectivity index (χ0v) is 8.90. The Labute approximate surface area is 85.4 Å². The van der Waals surface area contributed by atoms with Gasteiger partial charge in [-0.25, -0.2) is 4.68 Å². The average Bonchev–Trinajstić information content (AvgIpc) is 2.76. The molecule has 4 nitrogen and oxygen atoms in total. The van der Waals surface area contributed by atoms with Gasteiger partial charge in [-0.15, -0.1) is 5.10 Å². The van der Waals surface area contributed by atoms with Crippen LogP contribution in [0.4, 0.5) is 0 Å². The first-order chi connectivity index (χ1) is 6.38. The Morgan fingerprint density at radius 1 is 1.69 bits per heavy atom. The molecule has 1 atom stereocenters. The fourth-order valence-corrected chi connectivity index (χ4v) is 1.74. The van der Waals surface area contributed by atoms with Crippen molar-refractivity contribution >= 4 is 15.9 Å². The molecule has 2 heterocycles. The van der Waals surface area contributed by atoms with E-state index in [0.29, 0.717) is 6.10 Å². The van der Waals surface area contributed by atoms with Crippen molar-refractivity contribution in [2.45, 2.75) is 30.8 Å². The fourth-order valence-electron chi connectivity index (χ4n) is 1.49. The molecule has 13 heavy (non-hydrogen) atoms. The van der Waals surface area contributed by atoms with Crippen molar-refractivity contribution in [3.63, 3.8) is 0 Å². The number of alkyl halides is 1. The molecular formula is C8H12BrN3O. The van der Waals surface area contributed by atoms with Gasteiger partial charge in [0.15, 0.2) is 0 Å². The topological polar surface area (TPSA) is 39.9 Å². The van der Waals surface area contributed by atoms with Crippen LogP contribution >= 0.6 is 15.9 Å². The molecule has 0 aliphatic carbocycles. The number of ether oxygens (including phenoxy) is 1. The predicted octanol–water partition coefficient (Wildman–Crippen LogP) is 1.35. The van der Waals surface area contributed by atoms with Crippen molar-refractivity contribution in [3.8, 4) is 0 Å². The van der Waals surface area contributed by atoms with Crippen molar-refractivity contribution < 1.29 is 4.74 Å². The van der Waals surface area contributed by atoms with Crippen LogP contribution in [-0.4, -0.2) is 27.7 Å².